The average molecular weight is 444 g/mol. The Morgan fingerprint density at radius 3 is 2.74 bits per heavy atom. The van der Waals surface area contributed by atoms with Gasteiger partial charge in [-0.2, -0.15) is 0 Å². The highest BCUT2D eigenvalue weighted by molar-refractivity contribution is 9.10. The summed E-state index contributed by atoms with van der Waals surface area (Å²) in [7, 11) is 0. The van der Waals surface area contributed by atoms with Crippen molar-refractivity contribution in [2.24, 2.45) is 0 Å². The molecule has 0 spiro atoms. The highest BCUT2D eigenvalue weighted by Gasteiger charge is 2.15. The van der Waals surface area contributed by atoms with Crippen molar-refractivity contribution in [2.45, 2.75) is 0 Å². The molecule has 1 aromatic heterocycles. The van der Waals surface area contributed by atoms with Gasteiger partial charge in [0.25, 0.3) is 5.91 Å². The second kappa shape index (κ2) is 7.06. The number of anilines is 1. The van der Waals surface area contributed by atoms with Crippen molar-refractivity contribution in [3.8, 4) is 17.2 Å². The molecule has 0 aliphatic rings. The molecule has 2 N–H and O–H groups in total. The van der Waals surface area contributed by atoms with E-state index >= 15 is 0 Å². The van der Waals surface area contributed by atoms with Gasteiger partial charge in [-0.05, 0) is 48.5 Å². The fourth-order valence-electron chi connectivity index (χ4n) is 2.64. The molecular formula is C20H12BrClN2O3. The number of carbonyl (C=O) groups is 1. The first-order valence-electron chi connectivity index (χ1n) is 7.96. The van der Waals surface area contributed by atoms with Crippen LogP contribution in [0.15, 0.2) is 69.6 Å². The lowest BCUT2D eigenvalue weighted by atomic mass is 10.1. The topological polar surface area (TPSA) is 75.4 Å². The number of benzene rings is 3. The van der Waals surface area contributed by atoms with Gasteiger partial charge >= 0.3 is 0 Å². The number of nitrogens with one attached hydrogen (secondary N) is 1. The molecule has 27 heavy (non-hydrogen) atoms. The zero-order valence-corrected chi connectivity index (χ0v) is 16.1. The van der Waals surface area contributed by atoms with Gasteiger partial charge in [-0.1, -0.05) is 39.7 Å². The monoisotopic (exact) mass is 442 g/mol. The third-order valence-electron chi connectivity index (χ3n) is 3.95. The number of fused-ring (bicyclic) bond motifs is 1. The maximum atomic E-state index is 12.5. The molecular weight excluding hydrogens is 432 g/mol. The van der Waals surface area contributed by atoms with Crippen molar-refractivity contribution in [1.29, 1.82) is 0 Å². The first-order valence-corrected chi connectivity index (χ1v) is 9.14. The van der Waals surface area contributed by atoms with Gasteiger partial charge in [0, 0.05) is 10.2 Å². The third-order valence-corrected chi connectivity index (χ3v) is 4.77. The highest BCUT2D eigenvalue weighted by atomic mass is 79.9. The van der Waals surface area contributed by atoms with Crippen LogP contribution >= 0.6 is 27.5 Å². The summed E-state index contributed by atoms with van der Waals surface area (Å²) >= 11 is 9.43. The first-order chi connectivity index (χ1) is 13.0. The SMILES string of the molecule is O=C(Nc1ccc(O)c(-c2nc3ccccc3o2)c1)c1cc(Br)ccc1Cl. The number of phenols is 1. The van der Waals surface area contributed by atoms with Crippen molar-refractivity contribution >= 4 is 50.2 Å². The van der Waals surface area contributed by atoms with E-state index in [9.17, 15) is 9.90 Å². The van der Waals surface area contributed by atoms with Crippen molar-refractivity contribution in [3.05, 3.63) is 75.7 Å². The zero-order chi connectivity index (χ0) is 19.0. The number of aromatic nitrogens is 1. The smallest absolute Gasteiger partial charge is 0.257 e. The van der Waals surface area contributed by atoms with Gasteiger partial charge in [0.1, 0.15) is 11.3 Å². The van der Waals surface area contributed by atoms with E-state index in [4.69, 9.17) is 16.0 Å². The fourth-order valence-corrected chi connectivity index (χ4v) is 3.21. The third kappa shape index (κ3) is 3.54. The van der Waals surface area contributed by atoms with Crippen LogP contribution in [0.25, 0.3) is 22.6 Å². The highest BCUT2D eigenvalue weighted by Crippen LogP contribution is 2.33. The van der Waals surface area contributed by atoms with E-state index in [1.807, 2.05) is 18.2 Å². The van der Waals surface area contributed by atoms with Crippen molar-refractivity contribution in [3.63, 3.8) is 0 Å². The molecule has 5 nitrogen and oxygen atoms in total. The molecule has 0 radical (unpaired) electrons. The summed E-state index contributed by atoms with van der Waals surface area (Å²) in [5, 5.41) is 13.3. The Hall–Kier alpha value is -2.83. The Morgan fingerprint density at radius 1 is 1.11 bits per heavy atom. The number of halogens is 2. The number of nitrogens with zero attached hydrogens (tertiary/aromatic N) is 1. The Morgan fingerprint density at radius 2 is 1.93 bits per heavy atom. The number of phenolic OH excluding ortho intramolecular Hbond substituents is 1. The van der Waals surface area contributed by atoms with Crippen LogP contribution in [0.4, 0.5) is 5.69 Å². The van der Waals surface area contributed by atoms with Gasteiger partial charge < -0.3 is 14.8 Å². The summed E-state index contributed by atoms with van der Waals surface area (Å²) < 4.78 is 6.45. The van der Waals surface area contributed by atoms with Crippen LogP contribution in [0.3, 0.4) is 0 Å². The number of amides is 1. The summed E-state index contributed by atoms with van der Waals surface area (Å²) in [5.74, 6) is -0.0964. The molecule has 0 aliphatic heterocycles. The predicted octanol–water partition coefficient (Wildman–Crippen LogP) is 5.87. The largest absolute Gasteiger partial charge is 0.507 e. The van der Waals surface area contributed by atoms with E-state index in [0.29, 0.717) is 32.9 Å². The van der Waals surface area contributed by atoms with Crippen molar-refractivity contribution < 1.29 is 14.3 Å². The molecule has 0 unspecified atom stereocenters. The van der Waals surface area contributed by atoms with Gasteiger partial charge in [0.2, 0.25) is 5.89 Å². The summed E-state index contributed by atoms with van der Waals surface area (Å²) in [6.07, 6.45) is 0. The zero-order valence-electron chi connectivity index (χ0n) is 13.7. The van der Waals surface area contributed by atoms with Crippen LogP contribution in [0.5, 0.6) is 5.75 Å². The molecule has 0 aliphatic carbocycles. The molecule has 1 amide bonds. The molecule has 7 heteroatoms. The predicted molar refractivity (Wildman–Crippen MR) is 108 cm³/mol. The van der Waals surface area contributed by atoms with Gasteiger partial charge in [-0.15, -0.1) is 0 Å². The van der Waals surface area contributed by atoms with Crippen LogP contribution in [-0.4, -0.2) is 16.0 Å². The Bertz CT molecular complexity index is 1140. The molecule has 0 saturated carbocycles. The number of hydrogen-bond donors (Lipinski definition) is 2. The molecule has 1 heterocycles. The number of carbonyl (C=O) groups excluding carboxylic acids is 1. The summed E-state index contributed by atoms with van der Waals surface area (Å²) in [6.45, 7) is 0. The minimum absolute atomic E-state index is 0.0000399. The van der Waals surface area contributed by atoms with Crippen molar-refractivity contribution in [1.82, 2.24) is 4.98 Å². The standard InChI is InChI=1S/C20H12BrClN2O3/c21-11-5-7-15(22)13(9-11)19(26)23-12-6-8-17(25)14(10-12)20-24-16-3-1-2-4-18(16)27-20/h1-10,25H,(H,23,26). The lowest BCUT2D eigenvalue weighted by Gasteiger charge is -2.09. The lowest BCUT2D eigenvalue weighted by molar-refractivity contribution is 0.102. The molecule has 0 atom stereocenters. The fraction of sp³-hybridized carbons (Fsp3) is 0. The summed E-state index contributed by atoms with van der Waals surface area (Å²) in [4.78, 5) is 16.9. The van der Waals surface area contributed by atoms with E-state index in [2.05, 4.69) is 26.2 Å². The van der Waals surface area contributed by atoms with E-state index < -0.39 is 0 Å². The minimum Gasteiger partial charge on any atom is -0.507 e. The number of hydrogen-bond acceptors (Lipinski definition) is 4. The van der Waals surface area contributed by atoms with E-state index in [-0.39, 0.29) is 17.5 Å². The molecule has 4 aromatic rings. The minimum atomic E-state index is -0.365. The molecule has 4 rings (SSSR count). The van der Waals surface area contributed by atoms with Crippen LogP contribution < -0.4 is 5.32 Å². The summed E-state index contributed by atoms with van der Waals surface area (Å²) in [6, 6.07) is 17.0. The Labute approximate surface area is 167 Å². The first kappa shape index (κ1) is 17.6. The molecule has 3 aromatic carbocycles. The Kier molecular flexibility index (Phi) is 4.59. The number of aromatic hydroxyl groups is 1. The second-order valence-electron chi connectivity index (χ2n) is 5.80. The van der Waals surface area contributed by atoms with Gasteiger partial charge in [0.15, 0.2) is 5.58 Å². The van der Waals surface area contributed by atoms with E-state index in [1.165, 1.54) is 6.07 Å². The van der Waals surface area contributed by atoms with Crippen LogP contribution in [-0.2, 0) is 0 Å². The van der Waals surface area contributed by atoms with E-state index in [1.54, 1.807) is 36.4 Å². The van der Waals surface area contributed by atoms with Crippen LogP contribution in [0.1, 0.15) is 10.4 Å². The molecule has 0 fully saturated rings. The molecule has 0 bridgehead atoms. The number of rotatable bonds is 3. The Balaban J connectivity index is 1.68. The van der Waals surface area contributed by atoms with Gasteiger partial charge in [0.05, 0.1) is 16.1 Å². The number of para-hydroxylation sites is 2. The normalized spacial score (nSPS) is 10.9. The second-order valence-corrected chi connectivity index (χ2v) is 7.12. The van der Waals surface area contributed by atoms with Gasteiger partial charge in [-0.3, -0.25) is 4.79 Å². The average Bonchev–Trinajstić information content (AvgIpc) is 3.09. The maximum Gasteiger partial charge on any atom is 0.257 e. The number of oxazole rings is 1. The molecule has 134 valence electrons. The summed E-state index contributed by atoms with van der Waals surface area (Å²) in [5.41, 5.74) is 2.49. The molecule has 0 saturated heterocycles. The quantitative estimate of drug-likeness (QED) is 0.388. The van der Waals surface area contributed by atoms with Gasteiger partial charge in [-0.25, -0.2) is 4.98 Å². The van der Waals surface area contributed by atoms with Crippen molar-refractivity contribution in [2.75, 3.05) is 5.32 Å². The van der Waals surface area contributed by atoms with E-state index in [0.717, 1.165) is 4.47 Å². The maximum absolute atomic E-state index is 12.5. The lowest BCUT2D eigenvalue weighted by Crippen LogP contribution is -2.12. The van der Waals surface area contributed by atoms with Crippen LogP contribution in [0, 0.1) is 0 Å². The van der Waals surface area contributed by atoms with Crippen LogP contribution in [0.2, 0.25) is 5.02 Å².